The Morgan fingerprint density at radius 2 is 2.11 bits per heavy atom. The zero-order valence-electron chi connectivity index (χ0n) is 14.6. The van der Waals surface area contributed by atoms with Crippen molar-refractivity contribution in [1.82, 2.24) is 19.7 Å². The highest BCUT2D eigenvalue weighted by Gasteiger charge is 2.28. The largest absolute Gasteiger partial charge is 0.484 e. The van der Waals surface area contributed by atoms with Crippen LogP contribution in [-0.2, 0) is 0 Å². The molecule has 148 valence electrons. The molecule has 2 unspecified atom stereocenters. The first-order valence-electron chi connectivity index (χ1n) is 8.64. The van der Waals surface area contributed by atoms with Crippen LogP contribution in [0.15, 0.2) is 42.7 Å². The molecular weight excluding hydrogens is 378 g/mol. The van der Waals surface area contributed by atoms with Crippen molar-refractivity contribution in [2.75, 3.05) is 25.0 Å². The van der Waals surface area contributed by atoms with Crippen molar-refractivity contribution < 1.29 is 22.3 Å². The minimum absolute atomic E-state index is 0.0769. The van der Waals surface area contributed by atoms with Crippen LogP contribution >= 0.6 is 0 Å². The molecule has 10 heteroatoms. The van der Waals surface area contributed by atoms with Gasteiger partial charge in [0.15, 0.2) is 6.61 Å². The SMILES string of the molecule is FC1CNCC1Nc1cccc(-c2cnc3cc(OCC(F)(F)F)ccn23)n1. The summed E-state index contributed by atoms with van der Waals surface area (Å²) in [5.74, 6) is 0.613. The van der Waals surface area contributed by atoms with Crippen LogP contribution in [0, 0.1) is 0 Å². The lowest BCUT2D eigenvalue weighted by Crippen LogP contribution is -2.29. The van der Waals surface area contributed by atoms with Crippen molar-refractivity contribution in [3.8, 4) is 17.1 Å². The summed E-state index contributed by atoms with van der Waals surface area (Å²) in [6, 6.07) is 7.83. The second-order valence-corrected chi connectivity index (χ2v) is 6.47. The number of alkyl halides is 4. The van der Waals surface area contributed by atoms with Gasteiger partial charge in [-0.05, 0) is 18.2 Å². The number of imidazole rings is 1. The molecule has 2 N–H and O–H groups in total. The highest BCUT2D eigenvalue weighted by atomic mass is 19.4. The third kappa shape index (κ3) is 4.01. The first kappa shape index (κ1) is 18.5. The number of nitrogens with one attached hydrogen (secondary N) is 2. The van der Waals surface area contributed by atoms with Crippen LogP contribution in [0.1, 0.15) is 0 Å². The number of hydrogen-bond donors (Lipinski definition) is 2. The Morgan fingerprint density at radius 1 is 1.25 bits per heavy atom. The summed E-state index contributed by atoms with van der Waals surface area (Å²) in [6.07, 6.45) is -2.25. The molecule has 0 radical (unpaired) electrons. The molecule has 1 fully saturated rings. The van der Waals surface area contributed by atoms with Gasteiger partial charge in [0.1, 0.15) is 23.4 Å². The number of hydrogen-bond acceptors (Lipinski definition) is 5. The smallest absolute Gasteiger partial charge is 0.422 e. The number of aromatic nitrogens is 3. The molecule has 3 aromatic heterocycles. The highest BCUT2D eigenvalue weighted by Crippen LogP contribution is 2.24. The Hall–Kier alpha value is -2.88. The average Bonchev–Trinajstić information content (AvgIpc) is 3.26. The van der Waals surface area contributed by atoms with Crippen LogP contribution in [0.2, 0.25) is 0 Å². The van der Waals surface area contributed by atoms with E-state index in [2.05, 4.69) is 20.6 Å². The highest BCUT2D eigenvalue weighted by molar-refractivity contribution is 5.63. The minimum atomic E-state index is -4.41. The fourth-order valence-corrected chi connectivity index (χ4v) is 3.04. The predicted molar refractivity (Wildman–Crippen MR) is 95.1 cm³/mol. The molecule has 0 aliphatic carbocycles. The monoisotopic (exact) mass is 395 g/mol. The fourth-order valence-electron chi connectivity index (χ4n) is 3.04. The van der Waals surface area contributed by atoms with Gasteiger partial charge in [0.05, 0.1) is 23.6 Å². The third-order valence-electron chi connectivity index (χ3n) is 4.37. The number of rotatable bonds is 5. The molecule has 28 heavy (non-hydrogen) atoms. The lowest BCUT2D eigenvalue weighted by atomic mass is 10.2. The van der Waals surface area contributed by atoms with Gasteiger partial charge in [0.25, 0.3) is 0 Å². The van der Waals surface area contributed by atoms with Crippen LogP contribution < -0.4 is 15.4 Å². The van der Waals surface area contributed by atoms with E-state index in [-0.39, 0.29) is 11.8 Å². The number of pyridine rings is 2. The Bertz CT molecular complexity index is 974. The van der Waals surface area contributed by atoms with E-state index in [9.17, 15) is 17.6 Å². The normalized spacial score (nSPS) is 19.9. The molecule has 0 saturated carbocycles. The zero-order chi connectivity index (χ0) is 19.7. The number of anilines is 1. The Balaban J connectivity index is 1.56. The molecule has 1 aliphatic heterocycles. The van der Waals surface area contributed by atoms with E-state index in [4.69, 9.17) is 4.74 Å². The minimum Gasteiger partial charge on any atom is -0.484 e. The molecule has 4 rings (SSSR count). The second kappa shape index (κ2) is 7.27. The van der Waals surface area contributed by atoms with Gasteiger partial charge in [-0.1, -0.05) is 6.07 Å². The Morgan fingerprint density at radius 3 is 2.86 bits per heavy atom. The molecule has 2 atom stereocenters. The van der Waals surface area contributed by atoms with Crippen LogP contribution in [0.4, 0.5) is 23.4 Å². The molecule has 3 aromatic rings. The van der Waals surface area contributed by atoms with E-state index >= 15 is 0 Å². The average molecular weight is 395 g/mol. The van der Waals surface area contributed by atoms with E-state index in [1.165, 1.54) is 12.1 Å². The number of halogens is 4. The van der Waals surface area contributed by atoms with Crippen LogP contribution in [0.5, 0.6) is 5.75 Å². The molecule has 0 spiro atoms. The van der Waals surface area contributed by atoms with Gasteiger partial charge in [-0.25, -0.2) is 14.4 Å². The fraction of sp³-hybridized carbons (Fsp3) is 0.333. The van der Waals surface area contributed by atoms with E-state index in [1.54, 1.807) is 35.0 Å². The van der Waals surface area contributed by atoms with Crippen molar-refractivity contribution in [3.63, 3.8) is 0 Å². The maximum absolute atomic E-state index is 13.8. The molecule has 1 aliphatic rings. The first-order valence-corrected chi connectivity index (χ1v) is 8.64. The summed E-state index contributed by atoms with van der Waals surface area (Å²) in [6.45, 7) is -0.537. The van der Waals surface area contributed by atoms with Gasteiger partial charge in [0.2, 0.25) is 0 Å². The van der Waals surface area contributed by atoms with Crippen molar-refractivity contribution in [2.45, 2.75) is 18.4 Å². The lowest BCUT2D eigenvalue weighted by molar-refractivity contribution is -0.153. The summed E-state index contributed by atoms with van der Waals surface area (Å²) in [7, 11) is 0. The molecule has 0 aromatic carbocycles. The van der Waals surface area contributed by atoms with Crippen LogP contribution in [0.25, 0.3) is 17.0 Å². The van der Waals surface area contributed by atoms with Gasteiger partial charge >= 0.3 is 6.18 Å². The maximum Gasteiger partial charge on any atom is 0.422 e. The molecule has 0 bridgehead atoms. The second-order valence-electron chi connectivity index (χ2n) is 6.47. The lowest BCUT2D eigenvalue weighted by Gasteiger charge is -2.15. The van der Waals surface area contributed by atoms with Crippen LogP contribution in [0.3, 0.4) is 0 Å². The Labute approximate surface area is 157 Å². The summed E-state index contributed by atoms with van der Waals surface area (Å²) in [4.78, 5) is 8.72. The summed E-state index contributed by atoms with van der Waals surface area (Å²) in [5.41, 5.74) is 1.68. The quantitative estimate of drug-likeness (QED) is 0.651. The van der Waals surface area contributed by atoms with Gasteiger partial charge in [-0.15, -0.1) is 0 Å². The topological polar surface area (TPSA) is 63.5 Å². The van der Waals surface area contributed by atoms with E-state index in [0.717, 1.165) is 0 Å². The van der Waals surface area contributed by atoms with Crippen molar-refractivity contribution in [2.24, 2.45) is 0 Å². The van der Waals surface area contributed by atoms with Gasteiger partial charge in [0, 0.05) is 25.4 Å². The summed E-state index contributed by atoms with van der Waals surface area (Å²) in [5, 5.41) is 6.05. The van der Waals surface area contributed by atoms with Crippen molar-refractivity contribution in [3.05, 3.63) is 42.7 Å². The van der Waals surface area contributed by atoms with Gasteiger partial charge in [-0.3, -0.25) is 4.40 Å². The summed E-state index contributed by atoms with van der Waals surface area (Å²) < 4.78 is 57.1. The molecule has 4 heterocycles. The molecular formula is C18H17F4N5O. The van der Waals surface area contributed by atoms with Gasteiger partial charge < -0.3 is 15.4 Å². The van der Waals surface area contributed by atoms with Gasteiger partial charge in [-0.2, -0.15) is 13.2 Å². The Kier molecular flexibility index (Phi) is 4.80. The predicted octanol–water partition coefficient (Wildman–Crippen LogP) is 3.06. The van der Waals surface area contributed by atoms with Crippen LogP contribution in [-0.4, -0.2) is 52.5 Å². The zero-order valence-corrected chi connectivity index (χ0v) is 14.6. The van der Waals surface area contributed by atoms with E-state index < -0.39 is 19.0 Å². The molecule has 0 amide bonds. The maximum atomic E-state index is 13.8. The van der Waals surface area contributed by atoms with E-state index in [0.29, 0.717) is 35.9 Å². The summed E-state index contributed by atoms with van der Waals surface area (Å²) >= 11 is 0. The van der Waals surface area contributed by atoms with Crippen molar-refractivity contribution >= 4 is 11.5 Å². The standard InChI is InChI=1S/C18H17F4N5O/c19-12-7-23-8-14(12)26-16-3-1-2-13(25-16)15-9-24-17-6-11(4-5-27(15)17)28-10-18(20,21)22/h1-6,9,12,14,23H,7-8,10H2,(H,25,26). The first-order chi connectivity index (χ1) is 13.4. The molecule has 6 nitrogen and oxygen atoms in total. The van der Waals surface area contributed by atoms with Crippen molar-refractivity contribution in [1.29, 1.82) is 0 Å². The third-order valence-corrected chi connectivity index (χ3v) is 4.37. The number of ether oxygens (including phenoxy) is 1. The number of nitrogens with zero attached hydrogens (tertiary/aromatic N) is 3. The number of fused-ring (bicyclic) bond motifs is 1. The van der Waals surface area contributed by atoms with E-state index in [1.807, 2.05) is 0 Å². The molecule has 1 saturated heterocycles.